The summed E-state index contributed by atoms with van der Waals surface area (Å²) < 4.78 is 0. The van der Waals surface area contributed by atoms with Gasteiger partial charge < -0.3 is 9.80 Å². The van der Waals surface area contributed by atoms with Crippen molar-refractivity contribution in [3.05, 3.63) is 12.4 Å². The topological polar surface area (TPSA) is 6.48 Å². The summed E-state index contributed by atoms with van der Waals surface area (Å²) in [6.45, 7) is 9.45. The first-order chi connectivity index (χ1) is 18.8. The van der Waals surface area contributed by atoms with Gasteiger partial charge in [-0.05, 0) is 25.7 Å². The summed E-state index contributed by atoms with van der Waals surface area (Å²) >= 11 is 0. The van der Waals surface area contributed by atoms with Crippen molar-refractivity contribution in [1.82, 2.24) is 9.80 Å². The third-order valence-corrected chi connectivity index (χ3v) is 8.82. The SMILES string of the molecule is CCCCCCCCCCCCCCCCC1N(CCCC)C=CN1CCCCCCCCCCCCC. The van der Waals surface area contributed by atoms with E-state index in [2.05, 4.69) is 43.0 Å². The molecule has 0 aliphatic carbocycles. The van der Waals surface area contributed by atoms with E-state index >= 15 is 0 Å². The van der Waals surface area contributed by atoms with Gasteiger partial charge in [-0.15, -0.1) is 0 Å². The van der Waals surface area contributed by atoms with E-state index in [0.717, 1.165) is 0 Å². The van der Waals surface area contributed by atoms with E-state index in [1.807, 2.05) is 0 Å². The fourth-order valence-corrected chi connectivity index (χ4v) is 6.16. The molecule has 38 heavy (non-hydrogen) atoms. The van der Waals surface area contributed by atoms with Gasteiger partial charge in [0.2, 0.25) is 0 Å². The fraction of sp³-hybridized carbons (Fsp3) is 0.944. The highest BCUT2D eigenvalue weighted by atomic mass is 15.4. The second-order valence-corrected chi connectivity index (χ2v) is 12.5. The van der Waals surface area contributed by atoms with Gasteiger partial charge in [-0.25, -0.2) is 0 Å². The lowest BCUT2D eigenvalue weighted by Crippen LogP contribution is -2.39. The molecule has 0 amide bonds. The quantitative estimate of drug-likeness (QED) is 0.0848. The van der Waals surface area contributed by atoms with Crippen LogP contribution in [0.4, 0.5) is 0 Å². The number of nitrogens with zero attached hydrogens (tertiary/aromatic N) is 2. The Labute approximate surface area is 241 Å². The number of rotatable bonds is 30. The fourth-order valence-electron chi connectivity index (χ4n) is 6.16. The molecule has 1 rings (SSSR count). The highest BCUT2D eigenvalue weighted by Gasteiger charge is 2.24. The molecule has 0 aromatic carbocycles. The smallest absolute Gasteiger partial charge is 0.101 e. The zero-order valence-electron chi connectivity index (χ0n) is 26.8. The summed E-state index contributed by atoms with van der Waals surface area (Å²) in [5.41, 5.74) is 0. The largest absolute Gasteiger partial charge is 0.356 e. The maximum absolute atomic E-state index is 2.69. The highest BCUT2D eigenvalue weighted by molar-refractivity contribution is 4.96. The standard InChI is InChI=1S/C36H72N2/c1-4-7-10-12-14-16-18-19-20-21-23-25-27-29-31-36-37(32-9-6-3)34-35-38(36)33-30-28-26-24-22-17-15-13-11-8-5-2/h34-36H,4-33H2,1-3H3. The molecule has 0 aromatic rings. The van der Waals surface area contributed by atoms with Gasteiger partial charge in [0.05, 0.1) is 0 Å². The van der Waals surface area contributed by atoms with Crippen molar-refractivity contribution < 1.29 is 0 Å². The molecule has 0 fully saturated rings. The Hall–Kier alpha value is -0.660. The summed E-state index contributed by atoms with van der Waals surface area (Å²) in [5, 5.41) is 0. The summed E-state index contributed by atoms with van der Waals surface area (Å²) in [5.74, 6) is 0. The van der Waals surface area contributed by atoms with Gasteiger partial charge in [0, 0.05) is 25.5 Å². The number of hydrogen-bond donors (Lipinski definition) is 0. The Bertz CT molecular complexity index is 488. The normalized spacial score (nSPS) is 15.3. The lowest BCUT2D eigenvalue weighted by Gasteiger charge is -2.33. The molecule has 226 valence electrons. The third kappa shape index (κ3) is 20.3. The second-order valence-electron chi connectivity index (χ2n) is 12.5. The Kier molecular flexibility index (Phi) is 26.0. The predicted octanol–water partition coefficient (Wildman–Crippen LogP) is 12.4. The number of hydrogen-bond acceptors (Lipinski definition) is 2. The molecule has 0 spiro atoms. The van der Waals surface area contributed by atoms with Gasteiger partial charge >= 0.3 is 0 Å². The Morgan fingerprint density at radius 1 is 0.342 bits per heavy atom. The first-order valence-corrected chi connectivity index (χ1v) is 18.0. The maximum Gasteiger partial charge on any atom is 0.101 e. The zero-order valence-corrected chi connectivity index (χ0v) is 26.8. The van der Waals surface area contributed by atoms with E-state index < -0.39 is 0 Å². The third-order valence-electron chi connectivity index (χ3n) is 8.82. The van der Waals surface area contributed by atoms with Gasteiger partial charge in [-0.3, -0.25) is 0 Å². The van der Waals surface area contributed by atoms with Crippen LogP contribution in [-0.4, -0.2) is 29.1 Å². The first-order valence-electron chi connectivity index (χ1n) is 18.0. The Morgan fingerprint density at radius 3 is 1.00 bits per heavy atom. The van der Waals surface area contributed by atoms with Crippen LogP contribution in [0.1, 0.15) is 201 Å². The lowest BCUT2D eigenvalue weighted by atomic mass is 10.0. The van der Waals surface area contributed by atoms with Crippen molar-refractivity contribution in [2.75, 3.05) is 13.1 Å². The van der Waals surface area contributed by atoms with Crippen molar-refractivity contribution in [2.45, 2.75) is 207 Å². The lowest BCUT2D eigenvalue weighted by molar-refractivity contribution is 0.136. The summed E-state index contributed by atoms with van der Waals surface area (Å²) in [4.78, 5) is 5.34. The van der Waals surface area contributed by atoms with Crippen molar-refractivity contribution in [2.24, 2.45) is 0 Å². The van der Waals surface area contributed by atoms with E-state index in [4.69, 9.17) is 0 Å². The summed E-state index contributed by atoms with van der Waals surface area (Å²) in [6.07, 6.45) is 45.5. The van der Waals surface area contributed by atoms with Crippen LogP contribution in [0, 0.1) is 0 Å². The van der Waals surface area contributed by atoms with Crippen LogP contribution in [-0.2, 0) is 0 Å². The first kappa shape index (κ1) is 35.4. The molecule has 0 radical (unpaired) electrons. The van der Waals surface area contributed by atoms with Crippen molar-refractivity contribution in [1.29, 1.82) is 0 Å². The molecule has 1 unspecified atom stereocenters. The minimum atomic E-state index is 0.641. The van der Waals surface area contributed by atoms with E-state index in [1.165, 1.54) is 193 Å². The number of unbranched alkanes of at least 4 members (excludes halogenated alkanes) is 24. The molecule has 2 heteroatoms. The van der Waals surface area contributed by atoms with Crippen LogP contribution in [0.2, 0.25) is 0 Å². The average molecular weight is 533 g/mol. The Morgan fingerprint density at radius 2 is 0.632 bits per heavy atom. The van der Waals surface area contributed by atoms with E-state index in [-0.39, 0.29) is 0 Å². The van der Waals surface area contributed by atoms with Crippen LogP contribution in [0.15, 0.2) is 12.4 Å². The molecular weight excluding hydrogens is 460 g/mol. The average Bonchev–Trinajstić information content (AvgIpc) is 3.31. The molecule has 0 saturated carbocycles. The minimum absolute atomic E-state index is 0.641. The molecule has 0 bridgehead atoms. The van der Waals surface area contributed by atoms with Crippen molar-refractivity contribution in [3.63, 3.8) is 0 Å². The van der Waals surface area contributed by atoms with Crippen LogP contribution >= 0.6 is 0 Å². The molecule has 1 heterocycles. The summed E-state index contributed by atoms with van der Waals surface area (Å²) in [7, 11) is 0. The predicted molar refractivity (Wildman–Crippen MR) is 173 cm³/mol. The van der Waals surface area contributed by atoms with Gasteiger partial charge in [0.15, 0.2) is 0 Å². The van der Waals surface area contributed by atoms with Gasteiger partial charge in [-0.2, -0.15) is 0 Å². The molecule has 0 aromatic heterocycles. The molecule has 0 saturated heterocycles. The highest BCUT2D eigenvalue weighted by Crippen LogP contribution is 2.23. The van der Waals surface area contributed by atoms with Crippen LogP contribution in [0.5, 0.6) is 0 Å². The molecule has 1 atom stereocenters. The van der Waals surface area contributed by atoms with Crippen LogP contribution in [0.3, 0.4) is 0 Å². The molecule has 2 nitrogen and oxygen atoms in total. The van der Waals surface area contributed by atoms with Gasteiger partial charge in [0.25, 0.3) is 0 Å². The van der Waals surface area contributed by atoms with Crippen molar-refractivity contribution in [3.8, 4) is 0 Å². The molecule has 1 aliphatic heterocycles. The van der Waals surface area contributed by atoms with Crippen LogP contribution in [0.25, 0.3) is 0 Å². The van der Waals surface area contributed by atoms with Crippen molar-refractivity contribution >= 4 is 0 Å². The second kappa shape index (κ2) is 27.9. The summed E-state index contributed by atoms with van der Waals surface area (Å²) in [6, 6.07) is 0. The van der Waals surface area contributed by atoms with Gasteiger partial charge in [0.1, 0.15) is 6.17 Å². The molecule has 1 aliphatic rings. The van der Waals surface area contributed by atoms with E-state index in [9.17, 15) is 0 Å². The van der Waals surface area contributed by atoms with E-state index in [0.29, 0.717) is 6.17 Å². The maximum atomic E-state index is 2.69. The zero-order chi connectivity index (χ0) is 27.4. The van der Waals surface area contributed by atoms with E-state index in [1.54, 1.807) is 0 Å². The molecular formula is C36H72N2. The molecule has 0 N–H and O–H groups in total. The monoisotopic (exact) mass is 533 g/mol. The minimum Gasteiger partial charge on any atom is -0.356 e. The van der Waals surface area contributed by atoms with Gasteiger partial charge in [-0.1, -0.05) is 175 Å². The Balaban J connectivity index is 2.06. The van der Waals surface area contributed by atoms with Crippen LogP contribution < -0.4 is 0 Å².